The van der Waals surface area contributed by atoms with Gasteiger partial charge in [-0.15, -0.1) is 22.7 Å². The van der Waals surface area contributed by atoms with Crippen molar-refractivity contribution in [2.45, 2.75) is 25.7 Å². The van der Waals surface area contributed by atoms with E-state index >= 15 is 0 Å². The minimum absolute atomic E-state index is 0.155. The first-order valence-corrected chi connectivity index (χ1v) is 9.93. The van der Waals surface area contributed by atoms with E-state index in [4.69, 9.17) is 18.0 Å². The Labute approximate surface area is 158 Å². The van der Waals surface area contributed by atoms with Crippen LogP contribution in [0.2, 0.25) is 0 Å². The van der Waals surface area contributed by atoms with Gasteiger partial charge in [0.1, 0.15) is 5.00 Å². The third-order valence-electron chi connectivity index (χ3n) is 3.82. The lowest BCUT2D eigenvalue weighted by atomic mass is 9.95. The van der Waals surface area contributed by atoms with Crippen LogP contribution >= 0.6 is 34.9 Å². The zero-order valence-electron chi connectivity index (χ0n) is 13.3. The Balaban J connectivity index is 1.67. The zero-order chi connectivity index (χ0) is 17.8. The zero-order valence-corrected chi connectivity index (χ0v) is 15.8. The molecule has 0 bridgehead atoms. The van der Waals surface area contributed by atoms with Crippen LogP contribution in [0.25, 0.3) is 6.08 Å². The topological polar surface area (TPSA) is 84.2 Å². The fourth-order valence-corrected chi connectivity index (χ4v) is 4.93. The number of hydrogen-bond donors (Lipinski definition) is 3. The molecule has 0 aromatic carbocycles. The molecule has 3 rings (SSSR count). The van der Waals surface area contributed by atoms with Crippen LogP contribution in [0.1, 0.15) is 38.5 Å². The Bertz CT molecular complexity index is 838. The summed E-state index contributed by atoms with van der Waals surface area (Å²) in [4.78, 5) is 25.9. The van der Waals surface area contributed by atoms with Gasteiger partial charge in [0.25, 0.3) is 5.91 Å². The third kappa shape index (κ3) is 4.33. The van der Waals surface area contributed by atoms with Gasteiger partial charge in [0.2, 0.25) is 5.91 Å². The molecule has 1 aliphatic rings. The molecular weight excluding hydrogens is 374 g/mol. The number of anilines is 1. The predicted molar refractivity (Wildman–Crippen MR) is 107 cm³/mol. The van der Waals surface area contributed by atoms with E-state index in [9.17, 15) is 9.59 Å². The third-order valence-corrected chi connectivity index (χ3v) is 6.07. The number of primary amides is 1. The number of carbonyl (C=O) groups is 2. The van der Waals surface area contributed by atoms with Gasteiger partial charge in [0, 0.05) is 15.8 Å². The molecule has 2 amide bonds. The number of hydrogen-bond acceptors (Lipinski definition) is 5. The van der Waals surface area contributed by atoms with Crippen molar-refractivity contribution in [3.63, 3.8) is 0 Å². The molecule has 0 fully saturated rings. The summed E-state index contributed by atoms with van der Waals surface area (Å²) in [5.74, 6) is -0.790. The summed E-state index contributed by atoms with van der Waals surface area (Å²) in [6.45, 7) is 0. The maximum absolute atomic E-state index is 11.9. The van der Waals surface area contributed by atoms with Crippen molar-refractivity contribution in [3.8, 4) is 0 Å². The second-order valence-electron chi connectivity index (χ2n) is 5.57. The number of carbonyl (C=O) groups excluding carboxylic acids is 2. The fourth-order valence-electron chi connectivity index (χ4n) is 2.75. The van der Waals surface area contributed by atoms with Gasteiger partial charge in [-0.1, -0.05) is 6.07 Å². The highest BCUT2D eigenvalue weighted by Crippen LogP contribution is 2.37. The quantitative estimate of drug-likeness (QED) is 0.551. The maximum atomic E-state index is 11.9. The molecule has 2 aromatic heterocycles. The van der Waals surface area contributed by atoms with E-state index in [1.165, 1.54) is 22.3 Å². The average molecular weight is 392 g/mol. The summed E-state index contributed by atoms with van der Waals surface area (Å²) in [5.41, 5.74) is 7.08. The Hall–Kier alpha value is -2.03. The number of thiocarbonyl (C=S) groups is 1. The van der Waals surface area contributed by atoms with E-state index in [0.29, 0.717) is 10.6 Å². The van der Waals surface area contributed by atoms with E-state index in [-0.39, 0.29) is 11.0 Å². The molecule has 2 aromatic rings. The molecule has 0 radical (unpaired) electrons. The van der Waals surface area contributed by atoms with E-state index in [1.54, 1.807) is 17.4 Å². The molecule has 1 aliphatic carbocycles. The van der Waals surface area contributed by atoms with Crippen molar-refractivity contribution in [1.82, 2.24) is 5.32 Å². The molecule has 0 saturated carbocycles. The SMILES string of the molecule is NC(=O)c1c(NC(=S)NC(=O)/C=C/c2cccs2)sc2c1CCCC2. The smallest absolute Gasteiger partial charge is 0.251 e. The molecule has 0 aliphatic heterocycles. The molecule has 0 unspecified atom stereocenters. The lowest BCUT2D eigenvalue weighted by Crippen LogP contribution is -2.33. The molecule has 4 N–H and O–H groups in total. The molecule has 5 nitrogen and oxygen atoms in total. The summed E-state index contributed by atoms with van der Waals surface area (Å²) >= 11 is 8.23. The van der Waals surface area contributed by atoms with E-state index < -0.39 is 5.91 Å². The first-order chi connectivity index (χ1) is 12.0. The molecule has 25 heavy (non-hydrogen) atoms. The number of fused-ring (bicyclic) bond motifs is 1. The largest absolute Gasteiger partial charge is 0.365 e. The van der Waals surface area contributed by atoms with Crippen LogP contribution in [-0.4, -0.2) is 16.9 Å². The van der Waals surface area contributed by atoms with Crippen LogP contribution in [0.15, 0.2) is 23.6 Å². The lowest BCUT2D eigenvalue weighted by Gasteiger charge is -2.11. The summed E-state index contributed by atoms with van der Waals surface area (Å²) in [6, 6.07) is 3.83. The number of amides is 2. The Morgan fingerprint density at radius 1 is 1.28 bits per heavy atom. The van der Waals surface area contributed by atoms with Gasteiger partial charge in [0.15, 0.2) is 5.11 Å². The average Bonchev–Trinajstić information content (AvgIpc) is 3.19. The fraction of sp³-hybridized carbons (Fsp3) is 0.235. The maximum Gasteiger partial charge on any atom is 0.251 e. The molecule has 0 spiro atoms. The van der Waals surface area contributed by atoms with Crippen LogP contribution in [0.3, 0.4) is 0 Å². The molecule has 130 valence electrons. The number of nitrogens with two attached hydrogens (primary N) is 1. The standard InChI is InChI=1S/C17H17N3O2S3/c18-15(22)14-11-5-1-2-6-12(11)25-16(14)20-17(23)19-13(21)8-7-10-4-3-9-24-10/h3-4,7-9H,1-2,5-6H2,(H2,18,22)(H2,19,20,21,23)/b8-7+. The van der Waals surface area contributed by atoms with E-state index in [0.717, 1.165) is 36.1 Å². The first kappa shape index (κ1) is 17.8. The van der Waals surface area contributed by atoms with Crippen molar-refractivity contribution in [2.24, 2.45) is 5.73 Å². The molecule has 8 heteroatoms. The Morgan fingerprint density at radius 2 is 2.08 bits per heavy atom. The summed E-state index contributed by atoms with van der Waals surface area (Å²) < 4.78 is 0. The number of rotatable bonds is 4. The van der Waals surface area contributed by atoms with E-state index in [2.05, 4.69) is 10.6 Å². The lowest BCUT2D eigenvalue weighted by molar-refractivity contribution is -0.115. The molecule has 2 heterocycles. The van der Waals surface area contributed by atoms with Crippen LogP contribution in [0.5, 0.6) is 0 Å². The highest BCUT2D eigenvalue weighted by Gasteiger charge is 2.24. The van der Waals surface area contributed by atoms with Crippen molar-refractivity contribution in [1.29, 1.82) is 0 Å². The number of thiophene rings is 2. The monoisotopic (exact) mass is 391 g/mol. The van der Waals surface area contributed by atoms with Gasteiger partial charge in [-0.05, 0) is 61.0 Å². The van der Waals surface area contributed by atoms with Crippen molar-refractivity contribution >= 4 is 62.9 Å². The Kier molecular flexibility index (Phi) is 5.62. The minimum Gasteiger partial charge on any atom is -0.365 e. The van der Waals surface area contributed by atoms with E-state index in [1.807, 2.05) is 17.5 Å². The summed E-state index contributed by atoms with van der Waals surface area (Å²) in [7, 11) is 0. The van der Waals surface area contributed by atoms with Crippen LogP contribution < -0.4 is 16.4 Å². The second kappa shape index (κ2) is 7.90. The minimum atomic E-state index is -0.464. The van der Waals surface area contributed by atoms with Gasteiger partial charge in [-0.25, -0.2) is 0 Å². The number of aryl methyl sites for hydroxylation is 1. The van der Waals surface area contributed by atoms with Gasteiger partial charge >= 0.3 is 0 Å². The number of nitrogens with one attached hydrogen (secondary N) is 2. The molecule has 0 saturated heterocycles. The van der Waals surface area contributed by atoms with Crippen molar-refractivity contribution in [2.75, 3.05) is 5.32 Å². The summed E-state index contributed by atoms with van der Waals surface area (Å²) in [6.07, 6.45) is 7.12. The highest BCUT2D eigenvalue weighted by atomic mass is 32.1. The predicted octanol–water partition coefficient (Wildman–Crippen LogP) is 3.31. The second-order valence-corrected chi connectivity index (χ2v) is 8.06. The van der Waals surface area contributed by atoms with Crippen molar-refractivity contribution in [3.05, 3.63) is 44.5 Å². The van der Waals surface area contributed by atoms with Crippen molar-refractivity contribution < 1.29 is 9.59 Å². The van der Waals surface area contributed by atoms with Gasteiger partial charge in [-0.3, -0.25) is 14.9 Å². The Morgan fingerprint density at radius 3 is 2.80 bits per heavy atom. The highest BCUT2D eigenvalue weighted by molar-refractivity contribution is 7.80. The van der Waals surface area contributed by atoms with Crippen LogP contribution in [0.4, 0.5) is 5.00 Å². The van der Waals surface area contributed by atoms with Crippen LogP contribution in [-0.2, 0) is 17.6 Å². The van der Waals surface area contributed by atoms with Gasteiger partial charge in [-0.2, -0.15) is 0 Å². The first-order valence-electron chi connectivity index (χ1n) is 7.82. The molecule has 0 atom stereocenters. The normalized spacial score (nSPS) is 13.4. The van der Waals surface area contributed by atoms with Gasteiger partial charge in [0.05, 0.1) is 5.56 Å². The summed E-state index contributed by atoms with van der Waals surface area (Å²) in [5, 5.41) is 8.26. The van der Waals surface area contributed by atoms with Crippen LogP contribution in [0, 0.1) is 0 Å². The van der Waals surface area contributed by atoms with Gasteiger partial charge < -0.3 is 11.1 Å². The molecular formula is C17H17N3O2S3.